The minimum atomic E-state index is -0.769. The van der Waals surface area contributed by atoms with Crippen molar-refractivity contribution in [2.75, 3.05) is 0 Å². The second kappa shape index (κ2) is 4.26. The molecule has 0 aliphatic carbocycles. The molecule has 1 aromatic heterocycles. The molecule has 0 aromatic carbocycles. The van der Waals surface area contributed by atoms with E-state index in [1.165, 1.54) is 0 Å². The van der Waals surface area contributed by atoms with Crippen molar-refractivity contribution in [3.05, 3.63) is 18.0 Å². The number of rotatable bonds is 4. The van der Waals surface area contributed by atoms with Crippen LogP contribution >= 0.6 is 0 Å². The molecule has 0 saturated carbocycles. The van der Waals surface area contributed by atoms with E-state index in [2.05, 4.69) is 5.10 Å². The third kappa shape index (κ3) is 2.58. The summed E-state index contributed by atoms with van der Waals surface area (Å²) >= 11 is 0. The highest BCUT2D eigenvalue weighted by atomic mass is 16.4. The topological polar surface area (TPSA) is 55.1 Å². The van der Waals surface area contributed by atoms with Crippen LogP contribution in [0, 0.1) is 0 Å². The lowest BCUT2D eigenvalue weighted by Crippen LogP contribution is -2.03. The Morgan fingerprint density at radius 2 is 2.21 bits per heavy atom. The van der Waals surface area contributed by atoms with Crippen LogP contribution in [-0.2, 0) is 4.79 Å². The molecule has 0 amide bonds. The molecule has 78 valence electrons. The number of hydrogen-bond acceptors (Lipinski definition) is 2. The fraction of sp³-hybridized carbons (Fsp3) is 0.600. The number of aromatic nitrogens is 2. The van der Waals surface area contributed by atoms with Crippen LogP contribution in [0.25, 0.3) is 0 Å². The van der Waals surface area contributed by atoms with Gasteiger partial charge in [-0.1, -0.05) is 6.92 Å². The largest absolute Gasteiger partial charge is 0.481 e. The lowest BCUT2D eigenvalue weighted by Gasteiger charge is -2.06. The van der Waals surface area contributed by atoms with Crippen molar-refractivity contribution < 1.29 is 9.90 Å². The highest BCUT2D eigenvalue weighted by Gasteiger charge is 2.12. The van der Waals surface area contributed by atoms with Gasteiger partial charge in [0.1, 0.15) is 0 Å². The zero-order chi connectivity index (χ0) is 10.7. The second-order valence-corrected chi connectivity index (χ2v) is 3.85. The first-order valence-electron chi connectivity index (χ1n) is 4.76. The van der Waals surface area contributed by atoms with Crippen molar-refractivity contribution in [2.24, 2.45) is 0 Å². The molecular formula is C10H16N2O2. The number of aliphatic carboxylic acids is 1. The van der Waals surface area contributed by atoms with Gasteiger partial charge in [0.15, 0.2) is 0 Å². The molecule has 14 heavy (non-hydrogen) atoms. The van der Waals surface area contributed by atoms with Gasteiger partial charge >= 0.3 is 5.97 Å². The Morgan fingerprint density at radius 3 is 2.64 bits per heavy atom. The van der Waals surface area contributed by atoms with Crippen molar-refractivity contribution in [2.45, 2.75) is 39.2 Å². The molecule has 0 aliphatic heterocycles. The molecule has 4 heteroatoms. The molecule has 0 spiro atoms. The third-order valence-electron chi connectivity index (χ3n) is 2.20. The quantitative estimate of drug-likeness (QED) is 0.801. The molecule has 4 nitrogen and oxygen atoms in total. The molecule has 1 heterocycles. The molecule has 1 atom stereocenters. The fourth-order valence-electron chi connectivity index (χ4n) is 1.27. The number of carboxylic acid groups (broad SMARTS) is 1. The van der Waals surface area contributed by atoms with Crippen LogP contribution in [0.5, 0.6) is 0 Å². The smallest absolute Gasteiger partial charge is 0.303 e. The Kier molecular flexibility index (Phi) is 3.28. The number of carbonyl (C=O) groups is 1. The first-order chi connectivity index (χ1) is 6.50. The number of nitrogens with zero attached hydrogens (tertiary/aromatic N) is 2. The van der Waals surface area contributed by atoms with E-state index in [4.69, 9.17) is 5.11 Å². The van der Waals surface area contributed by atoms with Gasteiger partial charge in [-0.05, 0) is 25.3 Å². The van der Waals surface area contributed by atoms with E-state index in [0.29, 0.717) is 6.04 Å². The maximum absolute atomic E-state index is 10.5. The summed E-state index contributed by atoms with van der Waals surface area (Å²) in [5.74, 6) is -0.741. The highest BCUT2D eigenvalue weighted by molar-refractivity contribution is 5.67. The Hall–Kier alpha value is -1.32. The first kappa shape index (κ1) is 10.8. The Balaban J connectivity index is 2.71. The van der Waals surface area contributed by atoms with Crippen molar-refractivity contribution in [3.8, 4) is 0 Å². The van der Waals surface area contributed by atoms with Crippen LogP contribution in [0.1, 0.15) is 44.7 Å². The van der Waals surface area contributed by atoms with Gasteiger partial charge in [0, 0.05) is 12.2 Å². The monoisotopic (exact) mass is 196 g/mol. The van der Waals surface area contributed by atoms with Gasteiger partial charge in [0.05, 0.1) is 12.6 Å². The Bertz CT molecular complexity index is 318. The van der Waals surface area contributed by atoms with E-state index in [1.807, 2.05) is 31.6 Å². The van der Waals surface area contributed by atoms with Crippen LogP contribution in [0.4, 0.5) is 0 Å². The van der Waals surface area contributed by atoms with E-state index in [-0.39, 0.29) is 12.3 Å². The van der Waals surface area contributed by atoms with Gasteiger partial charge in [0.2, 0.25) is 0 Å². The summed E-state index contributed by atoms with van der Waals surface area (Å²) in [5, 5.41) is 12.8. The molecule has 1 aromatic rings. The SMILES string of the molecule is CC(CC(=O)O)c1cnn(C(C)C)c1. The number of carboxylic acids is 1. The van der Waals surface area contributed by atoms with E-state index < -0.39 is 5.97 Å². The number of hydrogen-bond donors (Lipinski definition) is 1. The fourth-order valence-corrected chi connectivity index (χ4v) is 1.27. The minimum absolute atomic E-state index is 0.0278. The zero-order valence-corrected chi connectivity index (χ0v) is 8.77. The predicted octanol–water partition coefficient (Wildman–Crippen LogP) is 2.04. The standard InChI is InChI=1S/C10H16N2O2/c1-7(2)12-6-9(5-11-12)8(3)4-10(13)14/h5-8H,4H2,1-3H3,(H,13,14). The van der Waals surface area contributed by atoms with Crippen molar-refractivity contribution in [1.82, 2.24) is 9.78 Å². The Labute approximate surface area is 83.5 Å². The van der Waals surface area contributed by atoms with Crippen molar-refractivity contribution in [1.29, 1.82) is 0 Å². The van der Waals surface area contributed by atoms with Gasteiger partial charge in [-0.2, -0.15) is 5.10 Å². The maximum atomic E-state index is 10.5. The lowest BCUT2D eigenvalue weighted by molar-refractivity contribution is -0.137. The normalized spacial score (nSPS) is 13.1. The maximum Gasteiger partial charge on any atom is 0.303 e. The Morgan fingerprint density at radius 1 is 1.57 bits per heavy atom. The summed E-state index contributed by atoms with van der Waals surface area (Å²) in [6, 6.07) is 0.320. The van der Waals surface area contributed by atoms with Crippen molar-refractivity contribution in [3.63, 3.8) is 0 Å². The molecule has 0 saturated heterocycles. The summed E-state index contributed by atoms with van der Waals surface area (Å²) in [4.78, 5) is 10.5. The molecule has 0 fully saturated rings. The first-order valence-corrected chi connectivity index (χ1v) is 4.76. The third-order valence-corrected chi connectivity index (χ3v) is 2.20. The second-order valence-electron chi connectivity index (χ2n) is 3.85. The average molecular weight is 196 g/mol. The molecule has 0 radical (unpaired) electrons. The molecule has 0 bridgehead atoms. The van der Waals surface area contributed by atoms with E-state index in [9.17, 15) is 4.79 Å². The van der Waals surface area contributed by atoms with E-state index in [1.54, 1.807) is 6.20 Å². The van der Waals surface area contributed by atoms with Crippen molar-refractivity contribution >= 4 is 5.97 Å². The zero-order valence-electron chi connectivity index (χ0n) is 8.77. The van der Waals surface area contributed by atoms with Crippen LogP contribution < -0.4 is 0 Å². The van der Waals surface area contributed by atoms with Crippen LogP contribution in [0.15, 0.2) is 12.4 Å². The molecule has 1 unspecified atom stereocenters. The lowest BCUT2D eigenvalue weighted by atomic mass is 10.0. The predicted molar refractivity (Wildman–Crippen MR) is 53.3 cm³/mol. The minimum Gasteiger partial charge on any atom is -0.481 e. The van der Waals surface area contributed by atoms with Gasteiger partial charge in [0.25, 0.3) is 0 Å². The highest BCUT2D eigenvalue weighted by Crippen LogP contribution is 2.19. The summed E-state index contributed by atoms with van der Waals surface area (Å²) in [6.45, 7) is 5.98. The van der Waals surface area contributed by atoms with E-state index in [0.717, 1.165) is 5.56 Å². The molecular weight excluding hydrogens is 180 g/mol. The van der Waals surface area contributed by atoms with Crippen LogP contribution in [-0.4, -0.2) is 20.9 Å². The summed E-state index contributed by atoms with van der Waals surface area (Å²) < 4.78 is 1.84. The molecule has 1 rings (SSSR count). The van der Waals surface area contributed by atoms with Crippen LogP contribution in [0.3, 0.4) is 0 Å². The van der Waals surface area contributed by atoms with Gasteiger partial charge in [-0.25, -0.2) is 0 Å². The van der Waals surface area contributed by atoms with Gasteiger partial charge < -0.3 is 5.11 Å². The van der Waals surface area contributed by atoms with Gasteiger partial charge in [-0.15, -0.1) is 0 Å². The summed E-state index contributed by atoms with van der Waals surface area (Å²) in [6.07, 6.45) is 3.82. The summed E-state index contributed by atoms with van der Waals surface area (Å²) in [7, 11) is 0. The molecule has 1 N–H and O–H groups in total. The summed E-state index contributed by atoms with van der Waals surface area (Å²) in [5.41, 5.74) is 0.987. The van der Waals surface area contributed by atoms with Crippen LogP contribution in [0.2, 0.25) is 0 Å². The molecule has 0 aliphatic rings. The van der Waals surface area contributed by atoms with Gasteiger partial charge in [-0.3, -0.25) is 9.48 Å². The van der Waals surface area contributed by atoms with E-state index >= 15 is 0 Å². The average Bonchev–Trinajstić information content (AvgIpc) is 2.50.